The number of hydrogen-bond acceptors (Lipinski definition) is 4. The molecule has 1 saturated heterocycles. The first-order valence-electron chi connectivity index (χ1n) is 7.51. The van der Waals surface area contributed by atoms with Gasteiger partial charge in [-0.2, -0.15) is 0 Å². The standard InChI is InChI=1S/C16H25N3O2/c1-16(2,3)21-15(20)19-8-6-14(12-19)11-18-10-13-5-4-7-17-9-13/h4-5,7,9,14,18H,6,8,10-12H2,1-3H3/t14-/m1/s1. The Balaban J connectivity index is 1.69. The molecule has 0 saturated carbocycles. The highest BCUT2D eigenvalue weighted by molar-refractivity contribution is 5.68. The lowest BCUT2D eigenvalue weighted by Gasteiger charge is -2.24. The monoisotopic (exact) mass is 291 g/mol. The third-order valence-electron chi connectivity index (χ3n) is 3.42. The van der Waals surface area contributed by atoms with Crippen LogP contribution in [0.4, 0.5) is 4.79 Å². The third-order valence-corrected chi connectivity index (χ3v) is 3.42. The molecule has 1 N–H and O–H groups in total. The molecule has 0 spiro atoms. The van der Waals surface area contributed by atoms with Crippen molar-refractivity contribution in [2.45, 2.75) is 39.3 Å². The second-order valence-corrected chi connectivity index (χ2v) is 6.57. The first-order valence-corrected chi connectivity index (χ1v) is 7.51. The Morgan fingerprint density at radius 1 is 1.52 bits per heavy atom. The van der Waals surface area contributed by atoms with Crippen LogP contribution >= 0.6 is 0 Å². The van der Waals surface area contributed by atoms with Crippen LogP contribution in [-0.4, -0.2) is 41.2 Å². The van der Waals surface area contributed by atoms with Crippen LogP contribution in [0.25, 0.3) is 0 Å². The molecule has 5 heteroatoms. The van der Waals surface area contributed by atoms with Crippen LogP contribution < -0.4 is 5.32 Å². The molecule has 2 heterocycles. The minimum Gasteiger partial charge on any atom is -0.444 e. The number of carbonyl (C=O) groups is 1. The molecule has 1 fully saturated rings. The highest BCUT2D eigenvalue weighted by Crippen LogP contribution is 2.19. The predicted octanol–water partition coefficient (Wildman–Crippen LogP) is 2.43. The second-order valence-electron chi connectivity index (χ2n) is 6.57. The van der Waals surface area contributed by atoms with E-state index in [9.17, 15) is 4.79 Å². The topological polar surface area (TPSA) is 54.5 Å². The van der Waals surface area contributed by atoms with Crippen LogP contribution in [-0.2, 0) is 11.3 Å². The lowest BCUT2D eigenvalue weighted by molar-refractivity contribution is 0.0288. The molecule has 1 aliphatic rings. The molecule has 1 aromatic rings. The van der Waals surface area contributed by atoms with Gasteiger partial charge in [0.15, 0.2) is 0 Å². The maximum absolute atomic E-state index is 12.0. The zero-order chi connectivity index (χ0) is 15.3. The molecule has 5 nitrogen and oxygen atoms in total. The molecule has 0 unspecified atom stereocenters. The van der Waals surface area contributed by atoms with Gasteiger partial charge in [0.2, 0.25) is 0 Å². The molecule has 21 heavy (non-hydrogen) atoms. The summed E-state index contributed by atoms with van der Waals surface area (Å²) < 4.78 is 5.40. The maximum Gasteiger partial charge on any atom is 0.410 e. The van der Waals surface area contributed by atoms with Crippen molar-refractivity contribution >= 4 is 6.09 Å². The van der Waals surface area contributed by atoms with Gasteiger partial charge >= 0.3 is 6.09 Å². The number of aromatic nitrogens is 1. The van der Waals surface area contributed by atoms with E-state index >= 15 is 0 Å². The van der Waals surface area contributed by atoms with Gasteiger partial charge in [-0.15, -0.1) is 0 Å². The fraction of sp³-hybridized carbons (Fsp3) is 0.625. The quantitative estimate of drug-likeness (QED) is 0.925. The summed E-state index contributed by atoms with van der Waals surface area (Å²) in [6.07, 6.45) is 4.48. The summed E-state index contributed by atoms with van der Waals surface area (Å²) in [4.78, 5) is 17.9. The number of hydrogen-bond donors (Lipinski definition) is 1. The van der Waals surface area contributed by atoms with Crippen LogP contribution in [0.1, 0.15) is 32.8 Å². The summed E-state index contributed by atoms with van der Waals surface area (Å²) in [5.41, 5.74) is 0.757. The molecule has 1 amide bonds. The summed E-state index contributed by atoms with van der Waals surface area (Å²) in [5, 5.41) is 3.43. The van der Waals surface area contributed by atoms with Gasteiger partial charge in [-0.1, -0.05) is 6.07 Å². The summed E-state index contributed by atoms with van der Waals surface area (Å²) in [7, 11) is 0. The van der Waals surface area contributed by atoms with Gasteiger partial charge in [-0.05, 0) is 44.7 Å². The zero-order valence-electron chi connectivity index (χ0n) is 13.1. The summed E-state index contributed by atoms with van der Waals surface area (Å²) in [6, 6.07) is 4.00. The van der Waals surface area contributed by atoms with Crippen molar-refractivity contribution in [1.82, 2.24) is 15.2 Å². The highest BCUT2D eigenvalue weighted by Gasteiger charge is 2.29. The number of amides is 1. The average molecular weight is 291 g/mol. The van der Waals surface area contributed by atoms with E-state index in [-0.39, 0.29) is 6.09 Å². The first-order chi connectivity index (χ1) is 9.94. The number of rotatable bonds is 4. The summed E-state index contributed by atoms with van der Waals surface area (Å²) in [5.74, 6) is 0.495. The Kier molecular flexibility index (Phi) is 5.17. The van der Waals surface area contributed by atoms with E-state index in [0.717, 1.165) is 32.6 Å². The smallest absolute Gasteiger partial charge is 0.410 e. The Morgan fingerprint density at radius 3 is 3.00 bits per heavy atom. The van der Waals surface area contributed by atoms with Gasteiger partial charge < -0.3 is 15.0 Å². The SMILES string of the molecule is CC(C)(C)OC(=O)N1CC[C@H](CNCc2cccnc2)C1. The van der Waals surface area contributed by atoms with E-state index in [4.69, 9.17) is 4.74 Å². The van der Waals surface area contributed by atoms with Crippen molar-refractivity contribution in [3.8, 4) is 0 Å². The Labute approximate surface area is 126 Å². The van der Waals surface area contributed by atoms with Gasteiger partial charge in [0.05, 0.1) is 0 Å². The minimum atomic E-state index is -0.423. The van der Waals surface area contributed by atoms with Crippen LogP contribution in [0.2, 0.25) is 0 Å². The zero-order valence-corrected chi connectivity index (χ0v) is 13.1. The van der Waals surface area contributed by atoms with Gasteiger partial charge in [-0.25, -0.2) is 4.79 Å². The largest absolute Gasteiger partial charge is 0.444 e. The average Bonchev–Trinajstić information content (AvgIpc) is 2.87. The van der Waals surface area contributed by atoms with E-state index in [1.54, 1.807) is 6.20 Å². The lowest BCUT2D eigenvalue weighted by Crippen LogP contribution is -2.36. The van der Waals surface area contributed by atoms with E-state index in [0.29, 0.717) is 5.92 Å². The summed E-state index contributed by atoms with van der Waals surface area (Å²) >= 11 is 0. The molecule has 1 atom stereocenters. The van der Waals surface area contributed by atoms with Crippen molar-refractivity contribution in [2.75, 3.05) is 19.6 Å². The molecule has 1 aliphatic heterocycles. The molecule has 2 rings (SSSR count). The van der Waals surface area contributed by atoms with Crippen LogP contribution in [0.3, 0.4) is 0 Å². The van der Waals surface area contributed by atoms with E-state index in [2.05, 4.69) is 16.4 Å². The van der Waals surface area contributed by atoms with Crippen molar-refractivity contribution in [3.63, 3.8) is 0 Å². The van der Waals surface area contributed by atoms with Gasteiger partial charge in [0.25, 0.3) is 0 Å². The summed E-state index contributed by atoms with van der Waals surface area (Å²) in [6.45, 7) is 8.98. The molecular formula is C16H25N3O2. The van der Waals surface area contributed by atoms with Gasteiger partial charge in [0, 0.05) is 38.6 Å². The number of likely N-dealkylation sites (tertiary alicyclic amines) is 1. The molecular weight excluding hydrogens is 266 g/mol. The van der Waals surface area contributed by atoms with Gasteiger partial charge in [-0.3, -0.25) is 4.98 Å². The number of carbonyl (C=O) groups excluding carboxylic acids is 1. The second kappa shape index (κ2) is 6.89. The van der Waals surface area contributed by atoms with E-state index < -0.39 is 5.60 Å². The fourth-order valence-corrected chi connectivity index (χ4v) is 2.41. The van der Waals surface area contributed by atoms with Gasteiger partial charge in [0.1, 0.15) is 5.60 Å². The molecule has 0 bridgehead atoms. The highest BCUT2D eigenvalue weighted by atomic mass is 16.6. The molecule has 116 valence electrons. The number of ether oxygens (including phenoxy) is 1. The number of pyridine rings is 1. The Morgan fingerprint density at radius 2 is 2.33 bits per heavy atom. The minimum absolute atomic E-state index is 0.197. The predicted molar refractivity (Wildman–Crippen MR) is 81.9 cm³/mol. The van der Waals surface area contributed by atoms with Crippen molar-refractivity contribution in [1.29, 1.82) is 0 Å². The number of nitrogens with one attached hydrogen (secondary N) is 1. The maximum atomic E-state index is 12.0. The van der Waals surface area contributed by atoms with Crippen LogP contribution in [0, 0.1) is 5.92 Å². The van der Waals surface area contributed by atoms with Crippen molar-refractivity contribution < 1.29 is 9.53 Å². The molecule has 1 aromatic heterocycles. The Hall–Kier alpha value is -1.62. The van der Waals surface area contributed by atoms with E-state index in [1.807, 2.05) is 37.9 Å². The van der Waals surface area contributed by atoms with E-state index in [1.165, 1.54) is 5.56 Å². The van der Waals surface area contributed by atoms with Crippen molar-refractivity contribution in [3.05, 3.63) is 30.1 Å². The molecule has 0 radical (unpaired) electrons. The first kappa shape index (κ1) is 15.8. The Bertz CT molecular complexity index is 456. The normalized spacial score (nSPS) is 18.8. The number of nitrogens with zero attached hydrogens (tertiary/aromatic N) is 2. The third kappa shape index (κ3) is 5.34. The fourth-order valence-electron chi connectivity index (χ4n) is 2.41. The van der Waals surface area contributed by atoms with Crippen LogP contribution in [0.5, 0.6) is 0 Å². The lowest BCUT2D eigenvalue weighted by atomic mass is 10.1. The van der Waals surface area contributed by atoms with Crippen LogP contribution in [0.15, 0.2) is 24.5 Å². The van der Waals surface area contributed by atoms with Crippen molar-refractivity contribution in [2.24, 2.45) is 5.92 Å². The molecule has 0 aromatic carbocycles. The molecule has 0 aliphatic carbocycles.